The molecule has 1 N–H and O–H groups in total. The van der Waals surface area contributed by atoms with Gasteiger partial charge >= 0.3 is 0 Å². The summed E-state index contributed by atoms with van der Waals surface area (Å²) in [5, 5.41) is 8.13. The molecule has 3 aromatic carbocycles. The van der Waals surface area contributed by atoms with Crippen LogP contribution in [0.15, 0.2) is 72.9 Å². The first kappa shape index (κ1) is 23.1. The molecule has 33 heavy (non-hydrogen) atoms. The minimum Gasteiger partial charge on any atom is -0.487 e. The summed E-state index contributed by atoms with van der Waals surface area (Å²) in [5.74, 6) is 0.00432. The van der Waals surface area contributed by atoms with Crippen LogP contribution < -0.4 is 10.1 Å². The molecule has 0 radical (unpaired) electrons. The number of hydrogen-bond acceptors (Lipinski definition) is 3. The van der Waals surface area contributed by atoms with Gasteiger partial charge in [0.1, 0.15) is 23.2 Å². The lowest BCUT2D eigenvalue weighted by molar-refractivity contribution is 0.102. The minimum absolute atomic E-state index is 0.189. The third kappa shape index (κ3) is 5.85. The fourth-order valence-corrected chi connectivity index (χ4v) is 3.71. The van der Waals surface area contributed by atoms with Crippen molar-refractivity contribution in [2.45, 2.75) is 13.2 Å². The molecule has 0 atom stereocenters. The highest BCUT2D eigenvalue weighted by molar-refractivity contribution is 6.35. The smallest absolute Gasteiger partial charge is 0.256 e. The van der Waals surface area contributed by atoms with Crippen molar-refractivity contribution in [3.63, 3.8) is 0 Å². The van der Waals surface area contributed by atoms with Crippen LogP contribution in [0.1, 0.15) is 21.5 Å². The van der Waals surface area contributed by atoms with Crippen molar-refractivity contribution in [3.05, 3.63) is 111 Å². The molecular weight excluding hydrogens is 488 g/mol. The Kier molecular flexibility index (Phi) is 7.18. The molecule has 0 aliphatic rings. The molecule has 0 aliphatic carbocycles. The molecule has 0 spiro atoms. The number of carbonyl (C=O) groups is 1. The van der Waals surface area contributed by atoms with Crippen LogP contribution >= 0.6 is 34.8 Å². The maximum atomic E-state index is 13.9. The second kappa shape index (κ2) is 10.3. The average molecular weight is 505 g/mol. The lowest BCUT2D eigenvalue weighted by Gasteiger charge is -2.09. The van der Waals surface area contributed by atoms with Crippen molar-refractivity contribution < 1.29 is 13.9 Å². The molecule has 1 aromatic heterocycles. The van der Waals surface area contributed by atoms with Crippen LogP contribution in [0.5, 0.6) is 5.75 Å². The molecular formula is C24H17Cl3FN3O2. The summed E-state index contributed by atoms with van der Waals surface area (Å²) >= 11 is 18.2. The quantitative estimate of drug-likeness (QED) is 0.299. The van der Waals surface area contributed by atoms with E-state index in [1.54, 1.807) is 60.7 Å². The Morgan fingerprint density at radius 1 is 1.00 bits per heavy atom. The fourth-order valence-electron chi connectivity index (χ4n) is 3.05. The van der Waals surface area contributed by atoms with Crippen LogP contribution in [0.4, 0.5) is 10.2 Å². The number of halogens is 4. The van der Waals surface area contributed by atoms with Crippen LogP contribution in [-0.4, -0.2) is 15.7 Å². The number of amides is 1. The molecule has 4 rings (SSSR count). The number of aromatic nitrogens is 2. The first-order valence-electron chi connectivity index (χ1n) is 9.83. The van der Waals surface area contributed by atoms with Crippen molar-refractivity contribution in [2.75, 3.05) is 5.32 Å². The average Bonchev–Trinajstić information content (AvgIpc) is 3.13. The van der Waals surface area contributed by atoms with E-state index in [-0.39, 0.29) is 35.7 Å². The number of carbonyl (C=O) groups excluding carboxylic acids is 1. The van der Waals surface area contributed by atoms with Crippen LogP contribution in [0, 0.1) is 5.82 Å². The first-order valence-corrected chi connectivity index (χ1v) is 11.0. The molecule has 0 saturated carbocycles. The normalized spacial score (nSPS) is 10.8. The zero-order chi connectivity index (χ0) is 23.4. The second-order valence-corrected chi connectivity index (χ2v) is 8.38. The van der Waals surface area contributed by atoms with Gasteiger partial charge in [0.25, 0.3) is 5.91 Å². The van der Waals surface area contributed by atoms with Gasteiger partial charge in [0.2, 0.25) is 0 Å². The number of benzene rings is 3. The Morgan fingerprint density at radius 2 is 1.76 bits per heavy atom. The van der Waals surface area contributed by atoms with E-state index in [0.717, 1.165) is 5.56 Å². The Labute approximate surface area is 204 Å². The third-order valence-corrected chi connectivity index (χ3v) is 5.55. The van der Waals surface area contributed by atoms with Gasteiger partial charge in [0.15, 0.2) is 5.82 Å². The Balaban J connectivity index is 1.37. The molecule has 168 valence electrons. The summed E-state index contributed by atoms with van der Waals surface area (Å²) in [4.78, 5) is 12.6. The summed E-state index contributed by atoms with van der Waals surface area (Å²) < 4.78 is 21.0. The third-order valence-electron chi connectivity index (χ3n) is 4.74. The first-order chi connectivity index (χ1) is 15.9. The molecule has 0 saturated heterocycles. The van der Waals surface area contributed by atoms with Crippen molar-refractivity contribution in [2.24, 2.45) is 0 Å². The Hall–Kier alpha value is -3.06. The van der Waals surface area contributed by atoms with E-state index in [9.17, 15) is 9.18 Å². The van der Waals surface area contributed by atoms with Crippen molar-refractivity contribution >= 4 is 46.5 Å². The molecule has 0 aliphatic heterocycles. The predicted octanol–water partition coefficient (Wildman–Crippen LogP) is 6.86. The number of anilines is 1. The van der Waals surface area contributed by atoms with E-state index < -0.39 is 0 Å². The number of ether oxygens (including phenoxy) is 1. The van der Waals surface area contributed by atoms with Gasteiger partial charge in [-0.05, 0) is 42.0 Å². The number of nitrogens with one attached hydrogen (secondary N) is 1. The number of nitrogens with zero attached hydrogens (tertiary/aromatic N) is 2. The molecule has 9 heteroatoms. The molecule has 0 unspecified atom stereocenters. The van der Waals surface area contributed by atoms with E-state index in [0.29, 0.717) is 26.9 Å². The topological polar surface area (TPSA) is 56.2 Å². The summed E-state index contributed by atoms with van der Waals surface area (Å²) in [7, 11) is 0. The van der Waals surface area contributed by atoms with Gasteiger partial charge in [-0.15, -0.1) is 0 Å². The predicted molar refractivity (Wildman–Crippen MR) is 128 cm³/mol. The van der Waals surface area contributed by atoms with E-state index in [4.69, 9.17) is 39.5 Å². The lowest BCUT2D eigenvalue weighted by Crippen LogP contribution is -2.13. The van der Waals surface area contributed by atoms with Gasteiger partial charge in [-0.1, -0.05) is 65.1 Å². The zero-order valence-corrected chi connectivity index (χ0v) is 19.3. The monoisotopic (exact) mass is 503 g/mol. The molecule has 5 nitrogen and oxygen atoms in total. The summed E-state index contributed by atoms with van der Waals surface area (Å²) in [6.45, 7) is 0.462. The molecule has 4 aromatic rings. The van der Waals surface area contributed by atoms with Gasteiger partial charge in [-0.3, -0.25) is 9.48 Å². The molecule has 1 amide bonds. The minimum atomic E-state index is -0.374. The van der Waals surface area contributed by atoms with Crippen molar-refractivity contribution in [3.8, 4) is 5.75 Å². The van der Waals surface area contributed by atoms with Gasteiger partial charge in [-0.2, -0.15) is 5.10 Å². The maximum Gasteiger partial charge on any atom is 0.256 e. The molecule has 1 heterocycles. The molecule has 0 fully saturated rings. The van der Waals surface area contributed by atoms with Crippen LogP contribution in [0.2, 0.25) is 15.1 Å². The van der Waals surface area contributed by atoms with E-state index >= 15 is 0 Å². The van der Waals surface area contributed by atoms with Crippen LogP contribution in [0.3, 0.4) is 0 Å². The van der Waals surface area contributed by atoms with Gasteiger partial charge in [0.05, 0.1) is 11.6 Å². The Morgan fingerprint density at radius 3 is 2.48 bits per heavy atom. The zero-order valence-electron chi connectivity index (χ0n) is 17.1. The highest BCUT2D eigenvalue weighted by Gasteiger charge is 2.14. The maximum absolute atomic E-state index is 13.9. The largest absolute Gasteiger partial charge is 0.487 e. The van der Waals surface area contributed by atoms with Gasteiger partial charge in [-0.25, -0.2) is 4.39 Å². The van der Waals surface area contributed by atoms with Gasteiger partial charge in [0, 0.05) is 22.3 Å². The Bertz CT molecular complexity index is 1290. The van der Waals surface area contributed by atoms with Crippen LogP contribution in [0.25, 0.3) is 0 Å². The molecule has 0 bridgehead atoms. The highest BCUT2D eigenvalue weighted by atomic mass is 35.5. The summed E-state index contributed by atoms with van der Waals surface area (Å²) in [5.41, 5.74) is 1.74. The van der Waals surface area contributed by atoms with Crippen molar-refractivity contribution in [1.29, 1.82) is 0 Å². The number of rotatable bonds is 7. The lowest BCUT2D eigenvalue weighted by atomic mass is 10.1. The second-order valence-electron chi connectivity index (χ2n) is 7.13. The van der Waals surface area contributed by atoms with E-state index in [1.807, 2.05) is 0 Å². The van der Waals surface area contributed by atoms with Crippen molar-refractivity contribution in [1.82, 2.24) is 9.78 Å². The van der Waals surface area contributed by atoms with E-state index in [2.05, 4.69) is 10.4 Å². The van der Waals surface area contributed by atoms with Crippen LogP contribution in [-0.2, 0) is 13.2 Å². The standard InChI is InChI=1S/C24H17Cl3FN3O2/c25-18-9-10-22(19(26)11-18)33-14-15-5-7-16(8-6-15)24(32)29-23-20(27)13-31(30-23)12-17-3-1-2-4-21(17)28/h1-11,13H,12,14H2,(H,29,30,32). The van der Waals surface area contributed by atoms with E-state index in [1.165, 1.54) is 16.9 Å². The summed E-state index contributed by atoms with van der Waals surface area (Å²) in [6.07, 6.45) is 1.53. The highest BCUT2D eigenvalue weighted by Crippen LogP contribution is 2.28. The summed E-state index contributed by atoms with van der Waals surface area (Å²) in [6, 6.07) is 18.3. The number of hydrogen-bond donors (Lipinski definition) is 1. The SMILES string of the molecule is O=C(Nc1nn(Cc2ccccc2F)cc1Cl)c1ccc(COc2ccc(Cl)cc2Cl)cc1. The fraction of sp³-hybridized carbons (Fsp3) is 0.0833. The van der Waals surface area contributed by atoms with Gasteiger partial charge < -0.3 is 10.1 Å².